The fraction of sp³-hybridized carbons (Fsp3) is 0.429. The molecule has 1 aliphatic heterocycles. The largest absolute Gasteiger partial charge is 0.396 e. The average Bonchev–Trinajstić information content (AvgIpc) is 3.03. The number of aromatic nitrogens is 3. The summed E-state index contributed by atoms with van der Waals surface area (Å²) in [4.78, 5) is 11.0. The molecule has 6 nitrogen and oxygen atoms in total. The van der Waals surface area contributed by atoms with Gasteiger partial charge in [-0.1, -0.05) is 17.7 Å². The second-order valence-corrected chi connectivity index (χ2v) is 7.94. The molecule has 0 saturated carbocycles. The van der Waals surface area contributed by atoms with Crippen molar-refractivity contribution < 1.29 is 5.11 Å². The first-order chi connectivity index (χ1) is 13.6. The molecule has 28 heavy (non-hydrogen) atoms. The van der Waals surface area contributed by atoms with Gasteiger partial charge in [0.15, 0.2) is 0 Å². The lowest BCUT2D eigenvalue weighted by Crippen LogP contribution is -2.37. The number of aliphatic hydroxyl groups excluding tert-OH is 1. The Morgan fingerprint density at radius 3 is 3.04 bits per heavy atom. The molecule has 1 saturated heterocycles. The van der Waals surface area contributed by atoms with Crippen molar-refractivity contribution in [2.75, 3.05) is 36.5 Å². The Balaban J connectivity index is 1.41. The van der Waals surface area contributed by atoms with E-state index in [1.165, 1.54) is 10.9 Å². The van der Waals surface area contributed by atoms with E-state index in [2.05, 4.69) is 37.0 Å². The molecule has 0 spiro atoms. The van der Waals surface area contributed by atoms with Crippen LogP contribution in [0, 0.1) is 5.92 Å². The van der Waals surface area contributed by atoms with Crippen molar-refractivity contribution in [1.82, 2.24) is 14.5 Å². The fourth-order valence-electron chi connectivity index (χ4n) is 4.00. The highest BCUT2D eigenvalue weighted by atomic mass is 35.5. The third-order valence-electron chi connectivity index (χ3n) is 5.49. The quantitative estimate of drug-likeness (QED) is 0.664. The maximum atomic E-state index is 9.45. The van der Waals surface area contributed by atoms with Crippen LogP contribution in [0.3, 0.4) is 0 Å². The lowest BCUT2D eigenvalue weighted by atomic mass is 9.99. The molecular formula is C21H26ClN5O. The first-order valence-corrected chi connectivity index (χ1v) is 10.2. The Kier molecular flexibility index (Phi) is 5.69. The minimum Gasteiger partial charge on any atom is -0.396 e. The van der Waals surface area contributed by atoms with Crippen LogP contribution in [0.15, 0.2) is 36.8 Å². The summed E-state index contributed by atoms with van der Waals surface area (Å²) < 4.78 is 2.12. The first kappa shape index (κ1) is 19.0. The van der Waals surface area contributed by atoms with Crippen LogP contribution in [0.2, 0.25) is 5.02 Å². The van der Waals surface area contributed by atoms with E-state index in [4.69, 9.17) is 11.6 Å². The van der Waals surface area contributed by atoms with Crippen LogP contribution in [-0.2, 0) is 13.5 Å². The maximum Gasteiger partial charge on any atom is 0.134 e. The Labute approximate surface area is 170 Å². The lowest BCUT2D eigenvalue weighted by molar-refractivity contribution is 0.208. The van der Waals surface area contributed by atoms with Crippen LogP contribution in [0.25, 0.3) is 10.9 Å². The summed E-state index contributed by atoms with van der Waals surface area (Å²) >= 11 is 6.12. The van der Waals surface area contributed by atoms with Gasteiger partial charge in [-0.3, -0.25) is 0 Å². The molecule has 148 valence electrons. The topological polar surface area (TPSA) is 66.2 Å². The molecule has 4 rings (SSSR count). The highest BCUT2D eigenvalue weighted by molar-refractivity contribution is 6.31. The van der Waals surface area contributed by atoms with Crippen molar-refractivity contribution in [2.24, 2.45) is 13.0 Å². The second-order valence-electron chi connectivity index (χ2n) is 7.50. The molecule has 7 heteroatoms. The molecule has 3 aromatic rings. The number of benzene rings is 1. The first-order valence-electron chi connectivity index (χ1n) is 9.79. The lowest BCUT2D eigenvalue weighted by Gasteiger charge is -2.32. The number of fused-ring (bicyclic) bond motifs is 1. The van der Waals surface area contributed by atoms with E-state index < -0.39 is 0 Å². The predicted molar refractivity (Wildman–Crippen MR) is 114 cm³/mol. The third-order valence-corrected chi connectivity index (χ3v) is 5.72. The maximum absolute atomic E-state index is 9.45. The minimum absolute atomic E-state index is 0.239. The van der Waals surface area contributed by atoms with Gasteiger partial charge in [0.25, 0.3) is 0 Å². The molecular weight excluding hydrogens is 374 g/mol. The number of aryl methyl sites for hydroxylation is 1. The number of hydrogen-bond donors (Lipinski definition) is 2. The molecule has 2 N–H and O–H groups in total. The van der Waals surface area contributed by atoms with Crippen molar-refractivity contribution in [1.29, 1.82) is 0 Å². The van der Waals surface area contributed by atoms with Gasteiger partial charge in [0, 0.05) is 61.5 Å². The van der Waals surface area contributed by atoms with Gasteiger partial charge in [-0.25, -0.2) is 9.97 Å². The Morgan fingerprint density at radius 2 is 2.18 bits per heavy atom. The van der Waals surface area contributed by atoms with Crippen LogP contribution in [0.4, 0.5) is 11.6 Å². The predicted octanol–water partition coefficient (Wildman–Crippen LogP) is 3.49. The van der Waals surface area contributed by atoms with Crippen molar-refractivity contribution in [2.45, 2.75) is 19.3 Å². The van der Waals surface area contributed by atoms with E-state index >= 15 is 0 Å². The summed E-state index contributed by atoms with van der Waals surface area (Å²) in [5, 5.41) is 14.9. The van der Waals surface area contributed by atoms with Crippen LogP contribution in [0.1, 0.15) is 18.4 Å². The number of anilines is 2. The van der Waals surface area contributed by atoms with E-state index in [-0.39, 0.29) is 6.61 Å². The fourth-order valence-corrected chi connectivity index (χ4v) is 4.17. The van der Waals surface area contributed by atoms with Crippen molar-refractivity contribution in [3.63, 3.8) is 0 Å². The molecule has 1 atom stereocenters. The number of aliphatic hydroxyl groups is 1. The molecule has 3 heterocycles. The number of piperidine rings is 1. The molecule has 1 aliphatic rings. The number of hydrogen-bond acceptors (Lipinski definition) is 5. The van der Waals surface area contributed by atoms with Crippen LogP contribution in [0.5, 0.6) is 0 Å². The molecule has 1 unspecified atom stereocenters. The Hall–Kier alpha value is -2.31. The number of rotatable bonds is 6. The minimum atomic E-state index is 0.239. The highest BCUT2D eigenvalue weighted by Crippen LogP contribution is 2.25. The van der Waals surface area contributed by atoms with E-state index in [0.717, 1.165) is 61.1 Å². The highest BCUT2D eigenvalue weighted by Gasteiger charge is 2.20. The molecule has 1 fully saturated rings. The van der Waals surface area contributed by atoms with Gasteiger partial charge >= 0.3 is 0 Å². The van der Waals surface area contributed by atoms with Gasteiger partial charge in [-0.05, 0) is 42.9 Å². The molecule has 0 bridgehead atoms. The van der Waals surface area contributed by atoms with E-state index in [9.17, 15) is 5.11 Å². The summed E-state index contributed by atoms with van der Waals surface area (Å²) in [5.74, 6) is 2.09. The smallest absolute Gasteiger partial charge is 0.134 e. The zero-order valence-corrected chi connectivity index (χ0v) is 16.9. The summed E-state index contributed by atoms with van der Waals surface area (Å²) in [6, 6.07) is 8.03. The van der Waals surface area contributed by atoms with Gasteiger partial charge in [-0.15, -0.1) is 0 Å². The van der Waals surface area contributed by atoms with Crippen LogP contribution >= 0.6 is 11.6 Å². The zero-order valence-electron chi connectivity index (χ0n) is 16.1. The third kappa shape index (κ3) is 4.08. The van der Waals surface area contributed by atoms with Crippen molar-refractivity contribution in [3.8, 4) is 0 Å². The van der Waals surface area contributed by atoms with Gasteiger partial charge < -0.3 is 19.9 Å². The normalized spacial score (nSPS) is 17.2. The standard InChI is InChI=1S/C21H26ClN5O/c1-26-12-16(18-5-4-17(22)9-19(18)26)6-7-23-20-10-21(25-14-24-20)27-8-2-3-15(11-27)13-28/h4-5,9-10,12,14-15,28H,2-3,6-8,11,13H2,1H3,(H,23,24,25). The van der Waals surface area contributed by atoms with E-state index in [1.807, 2.05) is 25.2 Å². The monoisotopic (exact) mass is 399 g/mol. The SMILES string of the molecule is Cn1cc(CCNc2cc(N3CCCC(CO)C3)ncn2)c2ccc(Cl)cc21. The van der Waals surface area contributed by atoms with Crippen LogP contribution in [-0.4, -0.2) is 45.9 Å². The van der Waals surface area contributed by atoms with Gasteiger partial charge in [0.2, 0.25) is 0 Å². The Bertz CT molecular complexity index is 957. The summed E-state index contributed by atoms with van der Waals surface area (Å²) in [7, 11) is 2.05. The van der Waals surface area contributed by atoms with E-state index in [1.54, 1.807) is 6.33 Å². The summed E-state index contributed by atoms with van der Waals surface area (Å²) in [5.41, 5.74) is 2.44. The van der Waals surface area contributed by atoms with Crippen molar-refractivity contribution in [3.05, 3.63) is 47.4 Å². The number of nitrogens with zero attached hydrogens (tertiary/aromatic N) is 4. The molecule has 1 aromatic carbocycles. The van der Waals surface area contributed by atoms with Gasteiger partial charge in [-0.2, -0.15) is 0 Å². The van der Waals surface area contributed by atoms with Crippen molar-refractivity contribution >= 4 is 34.1 Å². The van der Waals surface area contributed by atoms with Gasteiger partial charge in [0.05, 0.1) is 0 Å². The molecule has 2 aromatic heterocycles. The van der Waals surface area contributed by atoms with Gasteiger partial charge in [0.1, 0.15) is 18.0 Å². The Morgan fingerprint density at radius 1 is 1.29 bits per heavy atom. The van der Waals surface area contributed by atoms with E-state index in [0.29, 0.717) is 5.92 Å². The average molecular weight is 400 g/mol. The second kappa shape index (κ2) is 8.37. The molecule has 0 radical (unpaired) electrons. The summed E-state index contributed by atoms with van der Waals surface area (Å²) in [6.45, 7) is 2.86. The number of halogens is 1. The summed E-state index contributed by atoms with van der Waals surface area (Å²) in [6.07, 6.45) is 6.84. The molecule has 0 aliphatic carbocycles. The van der Waals surface area contributed by atoms with Crippen LogP contribution < -0.4 is 10.2 Å². The zero-order chi connectivity index (χ0) is 19.5. The number of nitrogens with one attached hydrogen (secondary N) is 1. The molecule has 0 amide bonds.